The highest BCUT2D eigenvalue weighted by atomic mass is 32.2. The Labute approximate surface area is 314 Å². The SMILES string of the molecule is C=C[C@@H]1C[C@]1(NC(=O)[C@@H]1C(C(C)C)CCN1C(=O)[C@@H](NC(=O)NC(CN(C)S(=O)(=O)c1ccccn1)C(C)(C)C)C(C)(C)C)C(=O)NS(=O)(=O)C1CC1. The fraction of sp³-hybridized carbons (Fsp3) is 0.694. The van der Waals surface area contributed by atoms with E-state index in [0.29, 0.717) is 19.3 Å². The number of nitrogens with zero attached hydrogens (tertiary/aromatic N) is 3. The lowest BCUT2D eigenvalue weighted by Crippen LogP contribution is -2.63. The normalized spacial score (nSPS) is 24.7. The molecule has 2 saturated carbocycles. The van der Waals surface area contributed by atoms with E-state index in [1.54, 1.807) is 32.9 Å². The first-order valence-corrected chi connectivity index (χ1v) is 21.1. The molecule has 5 amide bonds. The predicted octanol–water partition coefficient (Wildman–Crippen LogP) is 2.37. The van der Waals surface area contributed by atoms with E-state index >= 15 is 0 Å². The first-order chi connectivity index (χ1) is 24.4. The molecule has 2 unspecified atom stereocenters. The van der Waals surface area contributed by atoms with Crippen LogP contribution in [0.4, 0.5) is 4.79 Å². The zero-order valence-corrected chi connectivity index (χ0v) is 33.9. The van der Waals surface area contributed by atoms with Crippen LogP contribution in [0.15, 0.2) is 42.1 Å². The number of amides is 5. The van der Waals surface area contributed by atoms with Gasteiger partial charge in [0.1, 0.15) is 17.6 Å². The van der Waals surface area contributed by atoms with Gasteiger partial charge in [-0.25, -0.2) is 26.6 Å². The van der Waals surface area contributed by atoms with Crippen molar-refractivity contribution in [3.63, 3.8) is 0 Å². The second-order valence-corrected chi connectivity index (χ2v) is 21.1. The van der Waals surface area contributed by atoms with E-state index in [0.717, 1.165) is 4.31 Å². The highest BCUT2D eigenvalue weighted by Crippen LogP contribution is 2.46. The molecule has 296 valence electrons. The standard InChI is InChI=1S/C36H57N7O8S2/c1-11-23-20-36(23,32(46)41-52(48,49)24-15-16-24)40-30(44)28-25(22(2)3)17-19-43(28)31(45)29(35(7,8)9)39-33(47)38-26(34(4,5)6)21-42(10)53(50,51)27-14-12-13-18-37-27/h11-14,18,22-26,28-29H,1,15-17,19-21H2,2-10H3,(H,40,44)(H,41,46)(H2,38,39,47)/t23-,25?,26?,28+,29-,36-/m1/s1. The van der Waals surface area contributed by atoms with Crippen molar-refractivity contribution in [1.29, 1.82) is 0 Å². The molecule has 17 heteroatoms. The Morgan fingerprint density at radius 2 is 1.66 bits per heavy atom. The molecule has 3 aliphatic rings. The quantitative estimate of drug-likeness (QED) is 0.205. The summed E-state index contributed by atoms with van der Waals surface area (Å²) in [6.07, 6.45) is 4.48. The van der Waals surface area contributed by atoms with Crippen molar-refractivity contribution in [2.45, 2.75) is 115 Å². The maximum atomic E-state index is 14.5. The maximum Gasteiger partial charge on any atom is 0.315 e. The lowest BCUT2D eigenvalue weighted by atomic mass is 9.84. The van der Waals surface area contributed by atoms with E-state index in [9.17, 15) is 36.0 Å². The summed E-state index contributed by atoms with van der Waals surface area (Å²) in [5.41, 5.74) is -2.95. The van der Waals surface area contributed by atoms with Crippen LogP contribution in [-0.4, -0.2) is 104 Å². The molecule has 1 aromatic rings. The minimum Gasteiger partial charge on any atom is -0.339 e. The number of carbonyl (C=O) groups is 4. The number of rotatable bonds is 14. The van der Waals surface area contributed by atoms with Crippen molar-refractivity contribution in [1.82, 2.24) is 34.9 Å². The first-order valence-electron chi connectivity index (χ1n) is 18.1. The van der Waals surface area contributed by atoms with Crippen LogP contribution < -0.4 is 20.7 Å². The summed E-state index contributed by atoms with van der Waals surface area (Å²) in [6, 6.07) is 1.08. The van der Waals surface area contributed by atoms with Crippen LogP contribution in [0.3, 0.4) is 0 Å². The van der Waals surface area contributed by atoms with Crippen molar-refractivity contribution in [2.24, 2.45) is 28.6 Å². The van der Waals surface area contributed by atoms with Crippen molar-refractivity contribution in [3.05, 3.63) is 37.1 Å². The van der Waals surface area contributed by atoms with Gasteiger partial charge in [-0.2, -0.15) is 4.31 Å². The highest BCUT2D eigenvalue weighted by Gasteiger charge is 2.62. The van der Waals surface area contributed by atoms with Gasteiger partial charge in [0.15, 0.2) is 5.03 Å². The average Bonchev–Trinajstić information content (AvgIpc) is 3.98. The van der Waals surface area contributed by atoms with Crippen LogP contribution in [0.5, 0.6) is 0 Å². The number of likely N-dealkylation sites (tertiary alicyclic amines) is 1. The molecule has 1 aliphatic heterocycles. The zero-order valence-electron chi connectivity index (χ0n) is 32.3. The Kier molecular flexibility index (Phi) is 12.2. The number of carbonyl (C=O) groups excluding carboxylic acids is 4. The number of hydrogen-bond acceptors (Lipinski definition) is 9. The number of sulfonamides is 2. The monoisotopic (exact) mass is 779 g/mol. The van der Waals surface area contributed by atoms with E-state index in [1.807, 2.05) is 34.6 Å². The summed E-state index contributed by atoms with van der Waals surface area (Å²) in [5.74, 6) is -2.72. The molecule has 0 spiro atoms. The molecule has 0 bridgehead atoms. The largest absolute Gasteiger partial charge is 0.339 e. The molecular weight excluding hydrogens is 723 g/mol. The van der Waals surface area contributed by atoms with E-state index in [1.165, 1.54) is 30.3 Å². The van der Waals surface area contributed by atoms with E-state index in [4.69, 9.17) is 0 Å². The molecule has 1 aromatic heterocycles. The lowest BCUT2D eigenvalue weighted by Gasteiger charge is -2.38. The molecule has 4 N–H and O–H groups in total. The number of pyridine rings is 1. The summed E-state index contributed by atoms with van der Waals surface area (Å²) >= 11 is 0. The third-order valence-corrected chi connectivity index (χ3v) is 14.2. The fourth-order valence-electron chi connectivity index (χ4n) is 6.80. The van der Waals surface area contributed by atoms with Gasteiger partial charge in [-0.15, -0.1) is 6.58 Å². The number of likely N-dealkylation sites (N-methyl/N-ethyl adjacent to an activating group) is 1. The Balaban J connectivity index is 1.54. The topological polar surface area (TPSA) is 204 Å². The van der Waals surface area contributed by atoms with Crippen LogP contribution in [0.2, 0.25) is 0 Å². The van der Waals surface area contributed by atoms with E-state index < -0.39 is 89.5 Å². The van der Waals surface area contributed by atoms with Gasteiger partial charge in [0.2, 0.25) is 21.8 Å². The molecule has 0 radical (unpaired) electrons. The van der Waals surface area contributed by atoms with Crippen molar-refractivity contribution in [3.8, 4) is 0 Å². The smallest absolute Gasteiger partial charge is 0.315 e. The summed E-state index contributed by atoms with van der Waals surface area (Å²) < 4.78 is 55.0. The highest BCUT2D eigenvalue weighted by molar-refractivity contribution is 7.91. The van der Waals surface area contributed by atoms with E-state index in [2.05, 4.69) is 32.2 Å². The van der Waals surface area contributed by atoms with Gasteiger partial charge < -0.3 is 20.9 Å². The number of hydrogen-bond donors (Lipinski definition) is 4. The lowest BCUT2D eigenvalue weighted by molar-refractivity contribution is -0.144. The van der Waals surface area contributed by atoms with Crippen molar-refractivity contribution in [2.75, 3.05) is 20.1 Å². The second-order valence-electron chi connectivity index (χ2n) is 17.1. The third kappa shape index (κ3) is 9.39. The minimum absolute atomic E-state index is 0.0331. The van der Waals surface area contributed by atoms with Crippen LogP contribution in [0.25, 0.3) is 0 Å². The van der Waals surface area contributed by atoms with Crippen LogP contribution in [0, 0.1) is 28.6 Å². The van der Waals surface area contributed by atoms with Gasteiger partial charge in [0.25, 0.3) is 15.9 Å². The number of aromatic nitrogens is 1. The number of urea groups is 1. The molecular formula is C36H57N7O8S2. The summed E-state index contributed by atoms with van der Waals surface area (Å²) in [7, 11) is -6.44. The molecule has 2 aliphatic carbocycles. The molecule has 1 saturated heterocycles. The Morgan fingerprint density at radius 3 is 2.15 bits per heavy atom. The van der Waals surface area contributed by atoms with Crippen LogP contribution in [0.1, 0.15) is 81.1 Å². The summed E-state index contributed by atoms with van der Waals surface area (Å²) in [5, 5.41) is 7.78. The van der Waals surface area contributed by atoms with Gasteiger partial charge in [-0.05, 0) is 60.5 Å². The van der Waals surface area contributed by atoms with Gasteiger partial charge in [0, 0.05) is 38.3 Å². The third-order valence-electron chi connectivity index (χ3n) is 10.6. The molecule has 0 aromatic carbocycles. The first kappa shape index (κ1) is 42.2. The molecule has 3 fully saturated rings. The fourth-order valence-corrected chi connectivity index (χ4v) is 9.28. The summed E-state index contributed by atoms with van der Waals surface area (Å²) in [6.45, 7) is 18.7. The van der Waals surface area contributed by atoms with Gasteiger partial charge >= 0.3 is 6.03 Å². The van der Waals surface area contributed by atoms with Crippen molar-refractivity contribution >= 4 is 43.8 Å². The zero-order chi connectivity index (χ0) is 39.9. The predicted molar refractivity (Wildman–Crippen MR) is 200 cm³/mol. The molecule has 2 heterocycles. The summed E-state index contributed by atoms with van der Waals surface area (Å²) in [4.78, 5) is 61.3. The average molecular weight is 780 g/mol. The van der Waals surface area contributed by atoms with Crippen LogP contribution >= 0.6 is 0 Å². The van der Waals surface area contributed by atoms with E-state index in [-0.39, 0.29) is 36.4 Å². The maximum absolute atomic E-state index is 14.5. The Bertz CT molecular complexity index is 1790. The van der Waals surface area contributed by atoms with Gasteiger partial charge in [-0.3, -0.25) is 19.1 Å². The molecule has 4 rings (SSSR count). The Morgan fingerprint density at radius 1 is 1.02 bits per heavy atom. The van der Waals surface area contributed by atoms with Crippen LogP contribution in [-0.2, 0) is 34.4 Å². The van der Waals surface area contributed by atoms with Gasteiger partial charge in [0.05, 0.1) is 5.25 Å². The minimum atomic E-state index is -3.97. The number of nitrogens with one attached hydrogen (secondary N) is 4. The van der Waals surface area contributed by atoms with Gasteiger partial charge in [-0.1, -0.05) is 67.5 Å². The van der Waals surface area contributed by atoms with Crippen molar-refractivity contribution < 1.29 is 36.0 Å². The Hall–Kier alpha value is -3.57. The molecule has 15 nitrogen and oxygen atoms in total. The molecule has 6 atom stereocenters. The molecule has 53 heavy (non-hydrogen) atoms. The second kappa shape index (κ2) is 15.3.